The van der Waals surface area contributed by atoms with Crippen LogP contribution in [-0.2, 0) is 0 Å². The van der Waals surface area contributed by atoms with Gasteiger partial charge in [-0.25, -0.2) is 4.79 Å². The molecule has 0 saturated heterocycles. The summed E-state index contributed by atoms with van der Waals surface area (Å²) in [6.07, 6.45) is 0. The molecular formula is C21H15BrO3. The minimum atomic E-state index is -0.490. The lowest BCUT2D eigenvalue weighted by Gasteiger charge is -2.10. The molecule has 0 aromatic heterocycles. The maximum Gasteiger partial charge on any atom is 0.343 e. The van der Waals surface area contributed by atoms with E-state index in [1.54, 1.807) is 42.5 Å². The fourth-order valence-electron chi connectivity index (χ4n) is 2.50. The average Bonchev–Trinajstić information content (AvgIpc) is 2.62. The summed E-state index contributed by atoms with van der Waals surface area (Å²) in [6, 6.07) is 21.6. The summed E-state index contributed by atoms with van der Waals surface area (Å²) in [5.74, 6) is -0.128. The maximum atomic E-state index is 12.3. The van der Waals surface area contributed by atoms with E-state index in [-0.39, 0.29) is 5.78 Å². The molecule has 0 aliphatic rings. The van der Waals surface area contributed by atoms with Crippen LogP contribution in [0.4, 0.5) is 0 Å². The minimum Gasteiger partial charge on any atom is -0.423 e. The molecule has 0 unspecified atom stereocenters. The highest BCUT2D eigenvalue weighted by molar-refractivity contribution is 9.10. The van der Waals surface area contributed by atoms with Crippen LogP contribution in [0.25, 0.3) is 11.1 Å². The highest BCUT2D eigenvalue weighted by Gasteiger charge is 2.15. The predicted molar refractivity (Wildman–Crippen MR) is 101 cm³/mol. The van der Waals surface area contributed by atoms with Crippen molar-refractivity contribution in [2.75, 3.05) is 0 Å². The number of ketones is 1. The van der Waals surface area contributed by atoms with E-state index in [1.807, 2.05) is 30.3 Å². The number of carbonyl (C=O) groups is 2. The van der Waals surface area contributed by atoms with Crippen molar-refractivity contribution in [3.8, 4) is 16.9 Å². The van der Waals surface area contributed by atoms with E-state index in [0.29, 0.717) is 16.9 Å². The first-order chi connectivity index (χ1) is 12.0. The minimum absolute atomic E-state index is 0.104. The van der Waals surface area contributed by atoms with E-state index < -0.39 is 5.97 Å². The lowest BCUT2D eigenvalue weighted by molar-refractivity contribution is 0.0735. The molecule has 0 atom stereocenters. The molecule has 0 aliphatic heterocycles. The van der Waals surface area contributed by atoms with Gasteiger partial charge in [0.1, 0.15) is 5.75 Å². The third-order valence-electron chi connectivity index (χ3n) is 3.74. The number of rotatable bonds is 4. The summed E-state index contributed by atoms with van der Waals surface area (Å²) in [4.78, 5) is 24.4. The van der Waals surface area contributed by atoms with Gasteiger partial charge in [-0.15, -0.1) is 0 Å². The van der Waals surface area contributed by atoms with Crippen molar-refractivity contribution in [1.82, 2.24) is 0 Å². The molecule has 3 aromatic rings. The van der Waals surface area contributed by atoms with Crippen LogP contribution in [0.2, 0.25) is 0 Å². The van der Waals surface area contributed by atoms with E-state index in [1.165, 1.54) is 6.92 Å². The number of Topliss-reactive ketones (excluding diaryl/α,β-unsaturated/α-hetero) is 1. The quantitative estimate of drug-likeness (QED) is 0.331. The van der Waals surface area contributed by atoms with Gasteiger partial charge in [-0.2, -0.15) is 0 Å². The number of carbonyl (C=O) groups excluding carboxylic acids is 2. The molecule has 3 nitrogen and oxygen atoms in total. The Morgan fingerprint density at radius 2 is 1.56 bits per heavy atom. The zero-order valence-electron chi connectivity index (χ0n) is 13.5. The molecule has 0 fully saturated rings. The molecule has 0 bridgehead atoms. The molecule has 0 aliphatic carbocycles. The summed E-state index contributed by atoms with van der Waals surface area (Å²) in [7, 11) is 0. The molecule has 25 heavy (non-hydrogen) atoms. The van der Waals surface area contributed by atoms with E-state index in [9.17, 15) is 9.59 Å². The van der Waals surface area contributed by atoms with Crippen LogP contribution in [0.3, 0.4) is 0 Å². The Kier molecular flexibility index (Phi) is 5.10. The molecule has 4 heteroatoms. The zero-order chi connectivity index (χ0) is 17.8. The summed E-state index contributed by atoms with van der Waals surface area (Å²) < 4.78 is 6.30. The topological polar surface area (TPSA) is 43.4 Å². The van der Waals surface area contributed by atoms with Gasteiger partial charge in [-0.1, -0.05) is 52.3 Å². The van der Waals surface area contributed by atoms with Gasteiger partial charge in [0.25, 0.3) is 0 Å². The van der Waals surface area contributed by atoms with Crippen molar-refractivity contribution in [3.63, 3.8) is 0 Å². The van der Waals surface area contributed by atoms with Crippen LogP contribution in [-0.4, -0.2) is 11.8 Å². The van der Waals surface area contributed by atoms with Gasteiger partial charge in [0.05, 0.1) is 5.56 Å². The molecule has 0 heterocycles. The number of para-hydroxylation sites is 1. The smallest absolute Gasteiger partial charge is 0.343 e. The van der Waals surface area contributed by atoms with Gasteiger partial charge in [-0.05, 0) is 54.4 Å². The van der Waals surface area contributed by atoms with Crippen molar-refractivity contribution >= 4 is 27.7 Å². The van der Waals surface area contributed by atoms with Crippen LogP contribution in [0, 0.1) is 0 Å². The fourth-order valence-corrected chi connectivity index (χ4v) is 2.76. The first-order valence-electron chi connectivity index (χ1n) is 7.73. The molecular weight excluding hydrogens is 380 g/mol. The third-order valence-corrected chi connectivity index (χ3v) is 4.27. The van der Waals surface area contributed by atoms with Crippen LogP contribution in [0.1, 0.15) is 27.6 Å². The highest BCUT2D eigenvalue weighted by Crippen LogP contribution is 2.27. The van der Waals surface area contributed by atoms with Gasteiger partial charge in [0, 0.05) is 10.0 Å². The first-order valence-corrected chi connectivity index (χ1v) is 8.52. The normalized spacial score (nSPS) is 10.3. The van der Waals surface area contributed by atoms with Crippen molar-refractivity contribution in [3.05, 3.63) is 88.4 Å². The van der Waals surface area contributed by atoms with Gasteiger partial charge in [-0.3, -0.25) is 4.79 Å². The SMILES string of the molecule is CC(=O)c1cc(C(=O)Oc2ccccc2)ccc1-c1ccc(Br)cc1. The van der Waals surface area contributed by atoms with Gasteiger partial charge < -0.3 is 4.74 Å². The second-order valence-electron chi connectivity index (χ2n) is 5.53. The van der Waals surface area contributed by atoms with Crippen molar-refractivity contribution in [2.24, 2.45) is 0 Å². The van der Waals surface area contributed by atoms with E-state index >= 15 is 0 Å². The van der Waals surface area contributed by atoms with Crippen LogP contribution in [0.15, 0.2) is 77.3 Å². The summed E-state index contributed by atoms with van der Waals surface area (Å²) in [6.45, 7) is 1.49. The average molecular weight is 395 g/mol. The van der Waals surface area contributed by atoms with Gasteiger partial charge >= 0.3 is 5.97 Å². The van der Waals surface area contributed by atoms with Crippen molar-refractivity contribution in [1.29, 1.82) is 0 Å². The summed E-state index contributed by atoms with van der Waals surface area (Å²) in [5.41, 5.74) is 2.53. The number of esters is 1. The Bertz CT molecular complexity index is 916. The lowest BCUT2D eigenvalue weighted by Crippen LogP contribution is -2.10. The Balaban J connectivity index is 1.95. The Labute approximate surface area is 154 Å². The van der Waals surface area contributed by atoms with E-state index in [0.717, 1.165) is 15.6 Å². The van der Waals surface area contributed by atoms with Crippen LogP contribution in [0.5, 0.6) is 5.75 Å². The van der Waals surface area contributed by atoms with Crippen LogP contribution < -0.4 is 4.74 Å². The summed E-state index contributed by atoms with van der Waals surface area (Å²) >= 11 is 3.40. The Morgan fingerprint density at radius 1 is 0.880 bits per heavy atom. The second-order valence-corrected chi connectivity index (χ2v) is 6.44. The van der Waals surface area contributed by atoms with Gasteiger partial charge in [0.15, 0.2) is 5.78 Å². The van der Waals surface area contributed by atoms with E-state index in [2.05, 4.69) is 15.9 Å². The lowest BCUT2D eigenvalue weighted by atomic mass is 9.95. The predicted octanol–water partition coefficient (Wildman–Crippen LogP) is 5.54. The second kappa shape index (κ2) is 7.45. The molecule has 124 valence electrons. The number of halogens is 1. The fraction of sp³-hybridized carbons (Fsp3) is 0.0476. The monoisotopic (exact) mass is 394 g/mol. The van der Waals surface area contributed by atoms with Gasteiger partial charge in [0.2, 0.25) is 0 Å². The number of ether oxygens (including phenoxy) is 1. The first kappa shape index (κ1) is 17.1. The van der Waals surface area contributed by atoms with E-state index in [4.69, 9.17) is 4.74 Å². The Morgan fingerprint density at radius 3 is 2.20 bits per heavy atom. The molecule has 3 aromatic carbocycles. The Hall–Kier alpha value is -2.72. The number of hydrogen-bond donors (Lipinski definition) is 0. The molecule has 0 spiro atoms. The third kappa shape index (κ3) is 4.03. The zero-order valence-corrected chi connectivity index (χ0v) is 15.1. The highest BCUT2D eigenvalue weighted by atomic mass is 79.9. The molecule has 3 rings (SSSR count). The molecule has 0 N–H and O–H groups in total. The molecule has 0 amide bonds. The standard InChI is InChI=1S/C21H15BrO3/c1-14(23)20-13-16(21(24)25-18-5-3-2-4-6-18)9-12-19(20)15-7-10-17(22)11-8-15/h2-13H,1H3. The number of benzene rings is 3. The number of hydrogen-bond acceptors (Lipinski definition) is 3. The maximum absolute atomic E-state index is 12.3. The van der Waals surface area contributed by atoms with Crippen molar-refractivity contribution < 1.29 is 14.3 Å². The largest absolute Gasteiger partial charge is 0.423 e. The van der Waals surface area contributed by atoms with Crippen molar-refractivity contribution in [2.45, 2.75) is 6.92 Å². The summed E-state index contributed by atoms with van der Waals surface area (Å²) in [5, 5.41) is 0. The molecule has 0 saturated carbocycles. The molecule has 0 radical (unpaired) electrons. The van der Waals surface area contributed by atoms with Crippen LogP contribution >= 0.6 is 15.9 Å².